The van der Waals surface area contributed by atoms with Crippen LogP contribution in [0, 0.1) is 5.92 Å². The standard InChI is InChI=1S/C16H25NO2/c1-11(2)15-8-13(10-18)9-16(17-15)19-14-6-4-5-12(3)7-14/h8-9,11-12,14,18H,4-7,10H2,1-3H3. The van der Waals surface area contributed by atoms with Crippen molar-refractivity contribution in [3.8, 4) is 5.88 Å². The highest BCUT2D eigenvalue weighted by atomic mass is 16.5. The van der Waals surface area contributed by atoms with Crippen LogP contribution in [0.2, 0.25) is 0 Å². The van der Waals surface area contributed by atoms with Gasteiger partial charge >= 0.3 is 0 Å². The molecule has 1 aromatic heterocycles. The number of hydrogen-bond acceptors (Lipinski definition) is 3. The Balaban J connectivity index is 2.12. The zero-order valence-electron chi connectivity index (χ0n) is 12.2. The first-order chi connectivity index (χ1) is 9.08. The lowest BCUT2D eigenvalue weighted by molar-refractivity contribution is 0.123. The largest absolute Gasteiger partial charge is 0.474 e. The predicted octanol–water partition coefficient (Wildman–Crippen LogP) is 3.65. The first-order valence-electron chi connectivity index (χ1n) is 7.37. The van der Waals surface area contributed by atoms with Crippen molar-refractivity contribution >= 4 is 0 Å². The van der Waals surface area contributed by atoms with Crippen molar-refractivity contribution in [2.24, 2.45) is 5.92 Å². The monoisotopic (exact) mass is 263 g/mol. The van der Waals surface area contributed by atoms with Crippen molar-refractivity contribution in [1.82, 2.24) is 4.98 Å². The van der Waals surface area contributed by atoms with Gasteiger partial charge in [0, 0.05) is 11.8 Å². The second-order valence-corrected chi connectivity index (χ2v) is 6.06. The molecule has 2 unspecified atom stereocenters. The summed E-state index contributed by atoms with van der Waals surface area (Å²) in [6, 6.07) is 3.83. The molecule has 1 aliphatic carbocycles. The maximum atomic E-state index is 9.33. The molecule has 1 heterocycles. The van der Waals surface area contributed by atoms with Gasteiger partial charge in [0.1, 0.15) is 6.10 Å². The average molecular weight is 263 g/mol. The molecule has 3 nitrogen and oxygen atoms in total. The fraction of sp³-hybridized carbons (Fsp3) is 0.688. The van der Waals surface area contributed by atoms with Crippen molar-refractivity contribution in [2.75, 3.05) is 0 Å². The normalized spacial score (nSPS) is 23.6. The van der Waals surface area contributed by atoms with E-state index in [0.717, 1.165) is 30.0 Å². The molecular formula is C16H25NO2. The Morgan fingerprint density at radius 1 is 1.37 bits per heavy atom. The quantitative estimate of drug-likeness (QED) is 0.901. The number of aliphatic hydroxyl groups excluding tert-OH is 1. The Bertz CT molecular complexity index is 417. The topological polar surface area (TPSA) is 42.4 Å². The van der Waals surface area contributed by atoms with E-state index in [1.807, 2.05) is 12.1 Å². The number of aromatic nitrogens is 1. The number of rotatable bonds is 4. The van der Waals surface area contributed by atoms with E-state index in [4.69, 9.17) is 4.74 Å². The summed E-state index contributed by atoms with van der Waals surface area (Å²) >= 11 is 0. The molecular weight excluding hydrogens is 238 g/mol. The number of ether oxygens (including phenoxy) is 1. The van der Waals surface area contributed by atoms with E-state index in [0.29, 0.717) is 11.8 Å². The van der Waals surface area contributed by atoms with Crippen LogP contribution in [0.5, 0.6) is 5.88 Å². The van der Waals surface area contributed by atoms with Gasteiger partial charge in [-0.2, -0.15) is 0 Å². The van der Waals surface area contributed by atoms with Crippen molar-refractivity contribution in [3.63, 3.8) is 0 Å². The molecule has 0 radical (unpaired) electrons. The molecule has 0 amide bonds. The van der Waals surface area contributed by atoms with E-state index >= 15 is 0 Å². The van der Waals surface area contributed by atoms with Crippen molar-refractivity contribution in [1.29, 1.82) is 0 Å². The molecule has 0 saturated heterocycles. The van der Waals surface area contributed by atoms with Gasteiger partial charge in [0.15, 0.2) is 0 Å². The third-order valence-electron chi connectivity index (χ3n) is 3.83. The van der Waals surface area contributed by atoms with Gasteiger partial charge in [0.25, 0.3) is 0 Å². The Morgan fingerprint density at radius 2 is 2.16 bits per heavy atom. The van der Waals surface area contributed by atoms with Crippen LogP contribution < -0.4 is 4.74 Å². The second kappa shape index (κ2) is 6.38. The van der Waals surface area contributed by atoms with E-state index in [1.165, 1.54) is 12.8 Å². The molecule has 19 heavy (non-hydrogen) atoms. The zero-order valence-corrected chi connectivity index (χ0v) is 12.2. The highest BCUT2D eigenvalue weighted by Crippen LogP contribution is 2.28. The van der Waals surface area contributed by atoms with Crippen LogP contribution in [0.3, 0.4) is 0 Å². The number of nitrogens with zero attached hydrogens (tertiary/aromatic N) is 1. The lowest BCUT2D eigenvalue weighted by atomic mass is 9.89. The van der Waals surface area contributed by atoms with Gasteiger partial charge in [-0.05, 0) is 42.7 Å². The van der Waals surface area contributed by atoms with Gasteiger partial charge in [0.05, 0.1) is 6.61 Å². The van der Waals surface area contributed by atoms with Gasteiger partial charge < -0.3 is 9.84 Å². The number of hydrogen-bond donors (Lipinski definition) is 1. The maximum absolute atomic E-state index is 9.33. The summed E-state index contributed by atoms with van der Waals surface area (Å²) in [4.78, 5) is 4.57. The second-order valence-electron chi connectivity index (χ2n) is 6.06. The van der Waals surface area contributed by atoms with Gasteiger partial charge in [-0.3, -0.25) is 0 Å². The summed E-state index contributed by atoms with van der Waals surface area (Å²) in [7, 11) is 0. The Labute approximate surface area is 116 Å². The minimum absolute atomic E-state index is 0.0413. The van der Waals surface area contributed by atoms with Crippen LogP contribution in [-0.2, 0) is 6.61 Å². The molecule has 0 bridgehead atoms. The molecule has 0 aliphatic heterocycles. The Kier molecular flexibility index (Phi) is 4.81. The van der Waals surface area contributed by atoms with Crippen LogP contribution in [-0.4, -0.2) is 16.2 Å². The molecule has 1 aromatic rings. The van der Waals surface area contributed by atoms with Crippen LogP contribution >= 0.6 is 0 Å². The third kappa shape index (κ3) is 3.93. The van der Waals surface area contributed by atoms with Crippen LogP contribution in [0.25, 0.3) is 0 Å². The molecule has 0 aromatic carbocycles. The van der Waals surface area contributed by atoms with Crippen LogP contribution in [0.15, 0.2) is 12.1 Å². The van der Waals surface area contributed by atoms with E-state index in [-0.39, 0.29) is 12.7 Å². The summed E-state index contributed by atoms with van der Waals surface area (Å²) in [5.74, 6) is 1.76. The molecule has 0 spiro atoms. The summed E-state index contributed by atoms with van der Waals surface area (Å²) in [5.41, 5.74) is 1.88. The summed E-state index contributed by atoms with van der Waals surface area (Å²) in [6.45, 7) is 6.54. The minimum Gasteiger partial charge on any atom is -0.474 e. The molecule has 1 fully saturated rings. The number of pyridine rings is 1. The van der Waals surface area contributed by atoms with E-state index in [1.54, 1.807) is 0 Å². The fourth-order valence-corrected chi connectivity index (χ4v) is 2.69. The van der Waals surface area contributed by atoms with Gasteiger partial charge in [0.2, 0.25) is 5.88 Å². The smallest absolute Gasteiger partial charge is 0.214 e. The van der Waals surface area contributed by atoms with E-state index in [2.05, 4.69) is 25.8 Å². The molecule has 1 N–H and O–H groups in total. The molecule has 106 valence electrons. The summed E-state index contributed by atoms with van der Waals surface area (Å²) < 4.78 is 6.04. The third-order valence-corrected chi connectivity index (χ3v) is 3.83. The lowest BCUT2D eigenvalue weighted by Crippen LogP contribution is -2.24. The van der Waals surface area contributed by atoms with Crippen molar-refractivity contribution in [3.05, 3.63) is 23.4 Å². The minimum atomic E-state index is 0.0413. The van der Waals surface area contributed by atoms with E-state index in [9.17, 15) is 5.11 Å². The molecule has 1 saturated carbocycles. The van der Waals surface area contributed by atoms with E-state index < -0.39 is 0 Å². The zero-order chi connectivity index (χ0) is 13.8. The number of aliphatic hydroxyl groups is 1. The lowest BCUT2D eigenvalue weighted by Gasteiger charge is -2.27. The van der Waals surface area contributed by atoms with Crippen LogP contribution in [0.4, 0.5) is 0 Å². The highest BCUT2D eigenvalue weighted by molar-refractivity contribution is 5.26. The SMILES string of the molecule is CC1CCCC(Oc2cc(CO)cc(C(C)C)n2)C1. The van der Waals surface area contributed by atoms with Gasteiger partial charge in [-0.25, -0.2) is 4.98 Å². The van der Waals surface area contributed by atoms with Gasteiger partial charge in [-0.15, -0.1) is 0 Å². The Morgan fingerprint density at radius 3 is 2.79 bits per heavy atom. The van der Waals surface area contributed by atoms with Gasteiger partial charge in [-0.1, -0.05) is 27.2 Å². The Hall–Kier alpha value is -1.09. The first kappa shape index (κ1) is 14.3. The van der Waals surface area contributed by atoms with Crippen molar-refractivity contribution < 1.29 is 9.84 Å². The first-order valence-corrected chi connectivity index (χ1v) is 7.37. The summed E-state index contributed by atoms with van der Waals surface area (Å²) in [6.07, 6.45) is 5.06. The van der Waals surface area contributed by atoms with Crippen molar-refractivity contribution in [2.45, 2.75) is 65.1 Å². The van der Waals surface area contributed by atoms with Crippen LogP contribution in [0.1, 0.15) is 63.6 Å². The average Bonchev–Trinajstić information content (AvgIpc) is 2.38. The highest BCUT2D eigenvalue weighted by Gasteiger charge is 2.21. The predicted molar refractivity (Wildman–Crippen MR) is 76.3 cm³/mol. The maximum Gasteiger partial charge on any atom is 0.214 e. The molecule has 2 rings (SSSR count). The molecule has 1 aliphatic rings. The molecule has 3 heteroatoms. The molecule has 2 atom stereocenters. The fourth-order valence-electron chi connectivity index (χ4n) is 2.69. The summed E-state index contributed by atoms with van der Waals surface area (Å²) in [5, 5.41) is 9.33.